The monoisotopic (exact) mass is 500 g/mol. The molecule has 2 amide bonds. The highest BCUT2D eigenvalue weighted by atomic mass is 79.9. The minimum atomic E-state index is -0.687. The van der Waals surface area contributed by atoms with Gasteiger partial charge in [0.2, 0.25) is 5.91 Å². The number of carbonyl (C=O) groups is 2. The van der Waals surface area contributed by atoms with E-state index in [1.165, 1.54) is 4.90 Å². The number of nitrogens with zero attached hydrogens (tertiary/aromatic N) is 1. The van der Waals surface area contributed by atoms with Crippen LogP contribution in [-0.2, 0) is 16.1 Å². The molecular formula is C21H23BrCl2N2O3. The van der Waals surface area contributed by atoms with Crippen molar-refractivity contribution in [3.05, 3.63) is 62.5 Å². The normalized spacial score (nSPS) is 11.8. The van der Waals surface area contributed by atoms with Gasteiger partial charge < -0.3 is 15.0 Å². The van der Waals surface area contributed by atoms with E-state index in [-0.39, 0.29) is 31.0 Å². The SMILES string of the molecule is CC(C)NC(=O)[C@@H](C)N(Cc1cccc(Cl)c1)C(=O)COc1ccc(Br)cc1Cl. The molecule has 1 N–H and O–H groups in total. The molecule has 0 radical (unpaired) electrons. The number of amides is 2. The van der Waals surface area contributed by atoms with Gasteiger partial charge in [-0.25, -0.2) is 0 Å². The summed E-state index contributed by atoms with van der Waals surface area (Å²) in [5.41, 5.74) is 0.816. The third kappa shape index (κ3) is 7.21. The Balaban J connectivity index is 2.17. The van der Waals surface area contributed by atoms with E-state index in [2.05, 4.69) is 21.2 Å². The summed E-state index contributed by atoms with van der Waals surface area (Å²) in [5.74, 6) is -0.183. The maximum absolute atomic E-state index is 13.0. The van der Waals surface area contributed by atoms with E-state index in [9.17, 15) is 9.59 Å². The predicted molar refractivity (Wildman–Crippen MR) is 119 cm³/mol. The summed E-state index contributed by atoms with van der Waals surface area (Å²) in [7, 11) is 0. The zero-order valence-corrected chi connectivity index (χ0v) is 19.5. The molecule has 0 spiro atoms. The molecule has 1 atom stereocenters. The average molecular weight is 502 g/mol. The quantitative estimate of drug-likeness (QED) is 0.548. The van der Waals surface area contributed by atoms with Crippen LogP contribution in [-0.4, -0.2) is 35.4 Å². The zero-order valence-electron chi connectivity index (χ0n) is 16.4. The topological polar surface area (TPSA) is 58.6 Å². The van der Waals surface area contributed by atoms with Crippen LogP contribution in [0.15, 0.2) is 46.9 Å². The molecule has 8 heteroatoms. The number of rotatable bonds is 8. The summed E-state index contributed by atoms with van der Waals surface area (Å²) >= 11 is 15.5. The highest BCUT2D eigenvalue weighted by Crippen LogP contribution is 2.27. The van der Waals surface area contributed by atoms with E-state index in [1.54, 1.807) is 43.3 Å². The molecule has 0 aliphatic carbocycles. The molecule has 5 nitrogen and oxygen atoms in total. The molecular weight excluding hydrogens is 479 g/mol. The highest BCUT2D eigenvalue weighted by Gasteiger charge is 2.27. The number of hydrogen-bond acceptors (Lipinski definition) is 3. The van der Waals surface area contributed by atoms with Crippen molar-refractivity contribution in [2.45, 2.75) is 39.4 Å². The average Bonchev–Trinajstić information content (AvgIpc) is 2.64. The van der Waals surface area contributed by atoms with Gasteiger partial charge in [-0.2, -0.15) is 0 Å². The number of ether oxygens (including phenoxy) is 1. The lowest BCUT2D eigenvalue weighted by Gasteiger charge is -2.29. The van der Waals surface area contributed by atoms with Gasteiger partial charge in [-0.3, -0.25) is 9.59 Å². The number of benzene rings is 2. The number of carbonyl (C=O) groups excluding carboxylic acids is 2. The molecule has 156 valence electrons. The summed E-state index contributed by atoms with van der Waals surface area (Å²) in [6, 6.07) is 11.6. The van der Waals surface area contributed by atoms with Crippen LogP contribution in [0.25, 0.3) is 0 Å². The Hall–Kier alpha value is -1.76. The van der Waals surface area contributed by atoms with Gasteiger partial charge in [0.1, 0.15) is 11.8 Å². The third-order valence-corrected chi connectivity index (χ3v) is 5.11. The first-order valence-corrected chi connectivity index (χ1v) is 10.6. The van der Waals surface area contributed by atoms with Crippen LogP contribution >= 0.6 is 39.1 Å². The minimum absolute atomic E-state index is 0.0362. The van der Waals surface area contributed by atoms with Crippen molar-refractivity contribution in [3.63, 3.8) is 0 Å². The molecule has 0 fully saturated rings. The lowest BCUT2D eigenvalue weighted by Crippen LogP contribution is -2.50. The number of halogens is 3. The predicted octanol–water partition coefficient (Wildman–Crippen LogP) is 5.08. The molecule has 0 bridgehead atoms. The van der Waals surface area contributed by atoms with Gasteiger partial charge in [0, 0.05) is 22.1 Å². The molecule has 29 heavy (non-hydrogen) atoms. The van der Waals surface area contributed by atoms with Crippen molar-refractivity contribution < 1.29 is 14.3 Å². The van der Waals surface area contributed by atoms with Gasteiger partial charge in [0.15, 0.2) is 6.61 Å². The van der Waals surface area contributed by atoms with E-state index in [4.69, 9.17) is 27.9 Å². The molecule has 0 heterocycles. The molecule has 2 aromatic rings. The first kappa shape index (κ1) is 23.5. The fourth-order valence-electron chi connectivity index (χ4n) is 2.63. The van der Waals surface area contributed by atoms with E-state index in [0.717, 1.165) is 10.0 Å². The summed E-state index contributed by atoms with van der Waals surface area (Å²) < 4.78 is 6.41. The van der Waals surface area contributed by atoms with Crippen LogP contribution < -0.4 is 10.1 Å². The Morgan fingerprint density at radius 1 is 1.14 bits per heavy atom. The second-order valence-electron chi connectivity index (χ2n) is 6.85. The summed E-state index contributed by atoms with van der Waals surface area (Å²) in [6.07, 6.45) is 0. The molecule has 0 unspecified atom stereocenters. The molecule has 0 aliphatic rings. The lowest BCUT2D eigenvalue weighted by molar-refractivity contribution is -0.142. The standard InChI is InChI=1S/C21H23BrCl2N2O3/c1-13(2)25-21(28)14(3)26(11-15-5-4-6-17(23)9-15)20(27)12-29-19-8-7-16(22)10-18(19)24/h4-10,13-14H,11-12H2,1-3H3,(H,25,28)/t14-/m1/s1. The van der Waals surface area contributed by atoms with E-state index < -0.39 is 6.04 Å². The van der Waals surface area contributed by atoms with Crippen LogP contribution in [0.1, 0.15) is 26.3 Å². The van der Waals surface area contributed by atoms with Crippen LogP contribution in [0.5, 0.6) is 5.75 Å². The molecule has 2 aromatic carbocycles. The van der Waals surface area contributed by atoms with Gasteiger partial charge in [-0.15, -0.1) is 0 Å². The van der Waals surface area contributed by atoms with E-state index >= 15 is 0 Å². The van der Waals surface area contributed by atoms with Crippen LogP contribution in [0.2, 0.25) is 10.0 Å². The maximum atomic E-state index is 13.0. The fourth-order valence-corrected chi connectivity index (χ4v) is 3.58. The third-order valence-electron chi connectivity index (χ3n) is 4.09. The first-order valence-electron chi connectivity index (χ1n) is 9.09. The Bertz CT molecular complexity index is 877. The molecule has 2 rings (SSSR count). The number of nitrogens with one attached hydrogen (secondary N) is 1. The maximum Gasteiger partial charge on any atom is 0.261 e. The van der Waals surface area contributed by atoms with Crippen molar-refractivity contribution in [2.24, 2.45) is 0 Å². The Labute approximate surface area is 189 Å². The fraction of sp³-hybridized carbons (Fsp3) is 0.333. The molecule has 0 saturated heterocycles. The van der Waals surface area contributed by atoms with E-state index in [0.29, 0.717) is 15.8 Å². The van der Waals surface area contributed by atoms with Crippen molar-refractivity contribution >= 4 is 50.9 Å². The zero-order chi connectivity index (χ0) is 21.6. The lowest BCUT2D eigenvalue weighted by atomic mass is 10.1. The molecule has 0 aromatic heterocycles. The van der Waals surface area contributed by atoms with Gasteiger partial charge >= 0.3 is 0 Å². The minimum Gasteiger partial charge on any atom is -0.482 e. The van der Waals surface area contributed by atoms with Crippen molar-refractivity contribution in [1.82, 2.24) is 10.2 Å². The molecule has 0 aliphatic heterocycles. The van der Waals surface area contributed by atoms with E-state index in [1.807, 2.05) is 19.9 Å². The van der Waals surface area contributed by atoms with Crippen molar-refractivity contribution in [1.29, 1.82) is 0 Å². The van der Waals surface area contributed by atoms with Crippen molar-refractivity contribution in [3.8, 4) is 5.75 Å². The summed E-state index contributed by atoms with van der Waals surface area (Å²) in [4.78, 5) is 26.9. The second kappa shape index (κ2) is 10.9. The van der Waals surface area contributed by atoms with Gasteiger partial charge in [0.25, 0.3) is 5.91 Å². The van der Waals surface area contributed by atoms with Gasteiger partial charge in [-0.05, 0) is 56.7 Å². The smallest absolute Gasteiger partial charge is 0.261 e. The highest BCUT2D eigenvalue weighted by molar-refractivity contribution is 9.10. The van der Waals surface area contributed by atoms with Crippen LogP contribution in [0, 0.1) is 0 Å². The summed E-state index contributed by atoms with van der Waals surface area (Å²) in [5, 5.41) is 3.79. The largest absolute Gasteiger partial charge is 0.482 e. The first-order chi connectivity index (χ1) is 13.7. The number of hydrogen-bond donors (Lipinski definition) is 1. The van der Waals surface area contributed by atoms with Crippen LogP contribution in [0.3, 0.4) is 0 Å². The summed E-state index contributed by atoms with van der Waals surface area (Å²) in [6.45, 7) is 5.40. The Morgan fingerprint density at radius 2 is 1.86 bits per heavy atom. The van der Waals surface area contributed by atoms with Crippen molar-refractivity contribution in [2.75, 3.05) is 6.61 Å². The second-order valence-corrected chi connectivity index (χ2v) is 8.61. The Morgan fingerprint density at radius 3 is 2.48 bits per heavy atom. The van der Waals surface area contributed by atoms with Gasteiger partial charge in [0.05, 0.1) is 5.02 Å². The van der Waals surface area contributed by atoms with Crippen LogP contribution in [0.4, 0.5) is 0 Å². The van der Waals surface area contributed by atoms with Gasteiger partial charge in [-0.1, -0.05) is 51.3 Å². The molecule has 0 saturated carbocycles. The Kier molecular flexibility index (Phi) is 8.80.